The highest BCUT2D eigenvalue weighted by atomic mass is 35.5. The van der Waals surface area contributed by atoms with Crippen LogP contribution in [-0.4, -0.2) is 25.5 Å². The molecule has 18 heavy (non-hydrogen) atoms. The number of carbonyl (C=O) groups excluding carboxylic acids is 2. The third-order valence-electron chi connectivity index (χ3n) is 2.22. The summed E-state index contributed by atoms with van der Waals surface area (Å²) in [6.07, 6.45) is 2.47. The summed E-state index contributed by atoms with van der Waals surface area (Å²) in [5.74, 6) is 0.0112. The molecule has 1 rings (SSSR count). The van der Waals surface area contributed by atoms with Gasteiger partial charge >= 0.3 is 5.97 Å². The molecule has 0 saturated heterocycles. The van der Waals surface area contributed by atoms with Gasteiger partial charge < -0.3 is 9.47 Å². The number of carbonyl (C=O) groups is 2. The zero-order valence-electron chi connectivity index (χ0n) is 10.1. The molecule has 0 N–H and O–H groups in total. The van der Waals surface area contributed by atoms with Crippen molar-refractivity contribution in [1.29, 1.82) is 0 Å². The molecular formula is C13H15ClO4. The summed E-state index contributed by atoms with van der Waals surface area (Å²) in [5, 5.41) is 0.293. The van der Waals surface area contributed by atoms with E-state index < -0.39 is 5.97 Å². The maximum Gasteiger partial charge on any atom is 0.344 e. The van der Waals surface area contributed by atoms with Crippen LogP contribution in [0.15, 0.2) is 18.2 Å². The average Bonchev–Trinajstić information content (AvgIpc) is 2.37. The molecule has 4 nitrogen and oxygen atoms in total. The Bertz CT molecular complexity index is 417. The largest absolute Gasteiger partial charge is 0.482 e. The summed E-state index contributed by atoms with van der Waals surface area (Å²) in [4.78, 5) is 21.8. The number of unbranched alkanes of at least 4 members (excludes halogenated alkanes) is 1. The molecule has 0 spiro atoms. The van der Waals surface area contributed by atoms with E-state index in [1.807, 2.05) is 6.92 Å². The second-order valence-electron chi connectivity index (χ2n) is 3.66. The first kappa shape index (κ1) is 14.5. The normalized spacial score (nSPS) is 9.89. The van der Waals surface area contributed by atoms with Gasteiger partial charge in [-0.15, -0.1) is 0 Å². The quantitative estimate of drug-likeness (QED) is 0.434. The Hall–Kier alpha value is -1.55. The molecule has 1 aromatic rings. The molecule has 5 heteroatoms. The first-order valence-electron chi connectivity index (χ1n) is 5.70. The van der Waals surface area contributed by atoms with Crippen LogP contribution in [0.1, 0.15) is 30.1 Å². The summed E-state index contributed by atoms with van der Waals surface area (Å²) in [6, 6.07) is 4.60. The minimum atomic E-state index is -0.418. The smallest absolute Gasteiger partial charge is 0.344 e. The van der Waals surface area contributed by atoms with Gasteiger partial charge in [0.1, 0.15) is 5.75 Å². The van der Waals surface area contributed by atoms with E-state index >= 15 is 0 Å². The highest BCUT2D eigenvalue weighted by Gasteiger charge is 2.06. The van der Waals surface area contributed by atoms with Crippen molar-refractivity contribution in [1.82, 2.24) is 0 Å². The Balaban J connectivity index is 2.41. The van der Waals surface area contributed by atoms with Crippen molar-refractivity contribution in [2.24, 2.45) is 0 Å². The second-order valence-corrected chi connectivity index (χ2v) is 4.07. The third-order valence-corrected chi connectivity index (χ3v) is 2.54. The highest BCUT2D eigenvalue weighted by molar-refractivity contribution is 6.33. The van der Waals surface area contributed by atoms with Crippen LogP contribution < -0.4 is 4.74 Å². The van der Waals surface area contributed by atoms with Crippen LogP contribution >= 0.6 is 11.6 Å². The summed E-state index contributed by atoms with van der Waals surface area (Å²) in [5.41, 5.74) is 0.384. The van der Waals surface area contributed by atoms with Gasteiger partial charge in [0.05, 0.1) is 11.6 Å². The van der Waals surface area contributed by atoms with Crippen LogP contribution in [0, 0.1) is 0 Å². The highest BCUT2D eigenvalue weighted by Crippen LogP contribution is 2.21. The van der Waals surface area contributed by atoms with E-state index in [9.17, 15) is 9.59 Å². The predicted octanol–water partition coefficient (Wildman–Crippen LogP) is 2.87. The molecule has 0 aromatic heterocycles. The molecule has 0 radical (unpaired) electrons. The fourth-order valence-corrected chi connectivity index (χ4v) is 1.42. The van der Waals surface area contributed by atoms with Crippen LogP contribution in [0.25, 0.3) is 0 Å². The molecule has 0 aliphatic rings. The van der Waals surface area contributed by atoms with Gasteiger partial charge in [-0.05, 0) is 24.6 Å². The molecule has 0 amide bonds. The Labute approximate surface area is 111 Å². The summed E-state index contributed by atoms with van der Waals surface area (Å²) in [6.45, 7) is 2.25. The summed E-state index contributed by atoms with van der Waals surface area (Å²) < 4.78 is 10.1. The SMILES string of the molecule is CCCCOC(=O)COc1ccc(C=O)c(Cl)c1. The van der Waals surface area contributed by atoms with Crippen molar-refractivity contribution < 1.29 is 19.1 Å². The minimum absolute atomic E-state index is 0.166. The van der Waals surface area contributed by atoms with E-state index in [4.69, 9.17) is 21.1 Å². The summed E-state index contributed by atoms with van der Waals surface area (Å²) >= 11 is 5.82. The average molecular weight is 271 g/mol. The van der Waals surface area contributed by atoms with Crippen LogP contribution in [0.5, 0.6) is 5.75 Å². The molecule has 0 aliphatic heterocycles. The molecule has 0 saturated carbocycles. The molecule has 0 bridgehead atoms. The fourth-order valence-electron chi connectivity index (χ4n) is 1.21. The molecule has 1 aromatic carbocycles. The third kappa shape index (κ3) is 4.75. The lowest BCUT2D eigenvalue weighted by Gasteiger charge is -2.07. The number of rotatable bonds is 7. The van der Waals surface area contributed by atoms with Gasteiger partial charge in [0.2, 0.25) is 0 Å². The fraction of sp³-hybridized carbons (Fsp3) is 0.385. The summed E-state index contributed by atoms with van der Waals surface area (Å²) in [7, 11) is 0. The van der Waals surface area contributed by atoms with Crippen molar-refractivity contribution in [3.05, 3.63) is 28.8 Å². The van der Waals surface area contributed by atoms with Crippen molar-refractivity contribution >= 4 is 23.9 Å². The molecule has 0 heterocycles. The van der Waals surface area contributed by atoms with Crippen LogP contribution in [0.3, 0.4) is 0 Å². The number of esters is 1. The number of ether oxygens (including phenoxy) is 2. The zero-order valence-corrected chi connectivity index (χ0v) is 10.9. The molecule has 98 valence electrons. The van der Waals surface area contributed by atoms with Gasteiger partial charge in [-0.3, -0.25) is 4.79 Å². The van der Waals surface area contributed by atoms with E-state index in [0.717, 1.165) is 12.8 Å². The first-order chi connectivity index (χ1) is 8.67. The van der Waals surface area contributed by atoms with Crippen LogP contribution in [0.4, 0.5) is 0 Å². The van der Waals surface area contributed by atoms with Gasteiger partial charge in [-0.2, -0.15) is 0 Å². The first-order valence-corrected chi connectivity index (χ1v) is 6.08. The monoisotopic (exact) mass is 270 g/mol. The van der Waals surface area contributed by atoms with E-state index in [2.05, 4.69) is 0 Å². The van der Waals surface area contributed by atoms with Gasteiger partial charge in [0.15, 0.2) is 12.9 Å². The molecule has 0 atom stereocenters. The molecule has 0 unspecified atom stereocenters. The number of hydrogen-bond donors (Lipinski definition) is 0. The van der Waals surface area contributed by atoms with Crippen molar-refractivity contribution in [2.45, 2.75) is 19.8 Å². The van der Waals surface area contributed by atoms with Gasteiger partial charge in [-0.25, -0.2) is 4.79 Å². The number of benzene rings is 1. The van der Waals surface area contributed by atoms with E-state index in [0.29, 0.717) is 29.2 Å². The van der Waals surface area contributed by atoms with E-state index in [1.165, 1.54) is 12.1 Å². The maximum atomic E-state index is 11.3. The zero-order chi connectivity index (χ0) is 13.4. The topological polar surface area (TPSA) is 52.6 Å². The lowest BCUT2D eigenvalue weighted by atomic mass is 10.2. The Morgan fingerprint density at radius 1 is 1.44 bits per heavy atom. The van der Waals surface area contributed by atoms with Crippen LogP contribution in [0.2, 0.25) is 5.02 Å². The lowest BCUT2D eigenvalue weighted by molar-refractivity contribution is -0.146. The molecular weight excluding hydrogens is 256 g/mol. The second kappa shape index (κ2) is 7.71. The van der Waals surface area contributed by atoms with Gasteiger partial charge in [0, 0.05) is 5.56 Å². The van der Waals surface area contributed by atoms with E-state index in [-0.39, 0.29) is 6.61 Å². The Kier molecular flexibility index (Phi) is 6.22. The predicted molar refractivity (Wildman–Crippen MR) is 68.2 cm³/mol. The number of hydrogen-bond acceptors (Lipinski definition) is 4. The van der Waals surface area contributed by atoms with Gasteiger partial charge in [-0.1, -0.05) is 24.9 Å². The van der Waals surface area contributed by atoms with Crippen LogP contribution in [-0.2, 0) is 9.53 Å². The minimum Gasteiger partial charge on any atom is -0.482 e. The standard InChI is InChI=1S/C13H15ClO4/c1-2-3-6-17-13(16)9-18-11-5-4-10(8-15)12(14)7-11/h4-5,7-8H,2-3,6,9H2,1H3. The number of halogens is 1. The maximum absolute atomic E-state index is 11.3. The Morgan fingerprint density at radius 2 is 2.22 bits per heavy atom. The van der Waals surface area contributed by atoms with Gasteiger partial charge in [0.25, 0.3) is 0 Å². The molecule has 0 aliphatic carbocycles. The lowest BCUT2D eigenvalue weighted by Crippen LogP contribution is -2.15. The van der Waals surface area contributed by atoms with Crippen molar-refractivity contribution in [3.8, 4) is 5.75 Å². The van der Waals surface area contributed by atoms with E-state index in [1.54, 1.807) is 6.07 Å². The number of aldehydes is 1. The van der Waals surface area contributed by atoms with Crippen molar-refractivity contribution in [2.75, 3.05) is 13.2 Å². The van der Waals surface area contributed by atoms with Crippen molar-refractivity contribution in [3.63, 3.8) is 0 Å². The Morgan fingerprint density at radius 3 is 2.83 bits per heavy atom. The molecule has 0 fully saturated rings.